The molecule has 0 aliphatic carbocycles. The number of halogens is 1. The number of nitrogens with two attached hydrogens (primary N) is 1. The smallest absolute Gasteiger partial charge is 0.256 e. The SMILES string of the molecule is CCc1ncnc(-c2ccc(C(=O)N3CC[C@@H](O)C3)c(F)c2)c1C#Cc1ccc(N)nc1. The van der Waals surface area contributed by atoms with Crippen molar-refractivity contribution in [2.24, 2.45) is 0 Å². The van der Waals surface area contributed by atoms with Crippen LogP contribution in [0.5, 0.6) is 0 Å². The van der Waals surface area contributed by atoms with Gasteiger partial charge in [-0.05, 0) is 37.1 Å². The van der Waals surface area contributed by atoms with Crippen LogP contribution in [0, 0.1) is 17.7 Å². The Kier molecular flexibility index (Phi) is 6.10. The highest BCUT2D eigenvalue weighted by Crippen LogP contribution is 2.26. The number of aliphatic hydroxyl groups excluding tert-OH is 1. The molecule has 8 heteroatoms. The molecule has 0 bridgehead atoms. The van der Waals surface area contributed by atoms with Crippen molar-refractivity contribution in [1.29, 1.82) is 0 Å². The summed E-state index contributed by atoms with van der Waals surface area (Å²) in [5.74, 6) is 5.45. The van der Waals surface area contributed by atoms with Gasteiger partial charge in [-0.1, -0.05) is 24.8 Å². The monoisotopic (exact) mass is 431 g/mol. The Morgan fingerprint density at radius 1 is 1.25 bits per heavy atom. The zero-order valence-corrected chi connectivity index (χ0v) is 17.5. The molecule has 162 valence electrons. The second-order valence-corrected chi connectivity index (χ2v) is 7.51. The number of rotatable bonds is 3. The first-order valence-electron chi connectivity index (χ1n) is 10.3. The van der Waals surface area contributed by atoms with Gasteiger partial charge in [0.1, 0.15) is 18.0 Å². The quantitative estimate of drug-likeness (QED) is 0.617. The Morgan fingerprint density at radius 3 is 2.75 bits per heavy atom. The van der Waals surface area contributed by atoms with Crippen LogP contribution in [0.4, 0.5) is 10.2 Å². The average Bonchev–Trinajstić information content (AvgIpc) is 3.24. The number of likely N-dealkylation sites (tertiary alicyclic amines) is 1. The minimum Gasteiger partial charge on any atom is -0.391 e. The molecule has 1 aliphatic heterocycles. The van der Waals surface area contributed by atoms with E-state index >= 15 is 0 Å². The molecular formula is C24H22FN5O2. The molecule has 0 spiro atoms. The normalized spacial score (nSPS) is 15.3. The third-order valence-corrected chi connectivity index (χ3v) is 5.30. The van der Waals surface area contributed by atoms with Gasteiger partial charge < -0.3 is 15.7 Å². The molecule has 1 aliphatic rings. The summed E-state index contributed by atoms with van der Waals surface area (Å²) in [6, 6.07) is 7.82. The van der Waals surface area contributed by atoms with Gasteiger partial charge in [-0.25, -0.2) is 19.3 Å². The number of pyridine rings is 1. The molecule has 1 fully saturated rings. The molecule has 3 aromatic rings. The highest BCUT2D eigenvalue weighted by molar-refractivity contribution is 5.95. The highest BCUT2D eigenvalue weighted by Gasteiger charge is 2.27. The summed E-state index contributed by atoms with van der Waals surface area (Å²) in [5, 5.41) is 9.66. The van der Waals surface area contributed by atoms with Crippen LogP contribution in [0.25, 0.3) is 11.3 Å². The Labute approximate surface area is 185 Å². The fraction of sp³-hybridized carbons (Fsp3) is 0.250. The van der Waals surface area contributed by atoms with Gasteiger partial charge in [0.05, 0.1) is 28.6 Å². The highest BCUT2D eigenvalue weighted by atomic mass is 19.1. The van der Waals surface area contributed by atoms with Crippen molar-refractivity contribution in [2.75, 3.05) is 18.8 Å². The summed E-state index contributed by atoms with van der Waals surface area (Å²) in [6.07, 6.45) is 3.56. The van der Waals surface area contributed by atoms with Crippen LogP contribution >= 0.6 is 0 Å². The topological polar surface area (TPSA) is 105 Å². The molecule has 3 N–H and O–H groups in total. The van der Waals surface area contributed by atoms with E-state index in [1.807, 2.05) is 6.92 Å². The molecule has 1 aromatic carbocycles. The maximum atomic E-state index is 14.9. The number of nitrogen functional groups attached to an aromatic ring is 1. The first-order chi connectivity index (χ1) is 15.5. The number of hydrogen-bond acceptors (Lipinski definition) is 6. The van der Waals surface area contributed by atoms with Crippen LogP contribution in [0.2, 0.25) is 0 Å². The zero-order valence-electron chi connectivity index (χ0n) is 17.5. The van der Waals surface area contributed by atoms with E-state index in [4.69, 9.17) is 5.73 Å². The maximum absolute atomic E-state index is 14.9. The molecule has 1 saturated heterocycles. The van der Waals surface area contributed by atoms with Crippen molar-refractivity contribution in [1.82, 2.24) is 19.9 Å². The van der Waals surface area contributed by atoms with Gasteiger partial charge in [-0.15, -0.1) is 0 Å². The lowest BCUT2D eigenvalue weighted by Gasteiger charge is -2.16. The number of anilines is 1. The fourth-order valence-electron chi connectivity index (χ4n) is 3.59. The largest absolute Gasteiger partial charge is 0.391 e. The number of nitrogens with zero attached hydrogens (tertiary/aromatic N) is 4. The molecule has 0 radical (unpaired) electrons. The number of aryl methyl sites for hydroxylation is 1. The van der Waals surface area contributed by atoms with E-state index in [0.717, 1.165) is 5.69 Å². The van der Waals surface area contributed by atoms with Gasteiger partial charge in [-0.2, -0.15) is 0 Å². The number of β-amino-alcohol motifs (C(OH)–C–C–N with tert-alkyl or cyclic N) is 1. The summed E-state index contributed by atoms with van der Waals surface area (Å²) >= 11 is 0. The Balaban J connectivity index is 1.70. The Hall–Kier alpha value is -3.83. The van der Waals surface area contributed by atoms with Crippen LogP contribution in [-0.2, 0) is 6.42 Å². The lowest BCUT2D eigenvalue weighted by molar-refractivity contribution is 0.0760. The van der Waals surface area contributed by atoms with E-state index in [0.29, 0.717) is 47.6 Å². The van der Waals surface area contributed by atoms with Crippen molar-refractivity contribution in [3.8, 4) is 23.1 Å². The molecule has 1 atom stereocenters. The molecule has 1 amide bonds. The molecule has 3 heterocycles. The number of hydrogen-bond donors (Lipinski definition) is 2. The molecule has 0 unspecified atom stereocenters. The third kappa shape index (κ3) is 4.43. The van der Waals surface area contributed by atoms with Crippen LogP contribution in [-0.4, -0.2) is 50.1 Å². The Morgan fingerprint density at radius 2 is 2.09 bits per heavy atom. The lowest BCUT2D eigenvalue weighted by Crippen LogP contribution is -2.30. The first-order valence-corrected chi connectivity index (χ1v) is 10.3. The number of benzene rings is 1. The van der Waals surface area contributed by atoms with Gasteiger partial charge in [0.25, 0.3) is 5.91 Å². The maximum Gasteiger partial charge on any atom is 0.256 e. The third-order valence-electron chi connectivity index (χ3n) is 5.30. The summed E-state index contributed by atoms with van der Waals surface area (Å²) in [5.41, 5.74) is 8.57. The van der Waals surface area contributed by atoms with Crippen molar-refractivity contribution in [3.63, 3.8) is 0 Å². The number of carbonyl (C=O) groups is 1. The number of aromatic nitrogens is 3. The van der Waals surface area contributed by atoms with Crippen LogP contribution < -0.4 is 5.73 Å². The molecule has 2 aromatic heterocycles. The van der Waals surface area contributed by atoms with Crippen molar-refractivity contribution < 1.29 is 14.3 Å². The summed E-state index contributed by atoms with van der Waals surface area (Å²) in [6.45, 7) is 2.58. The lowest BCUT2D eigenvalue weighted by atomic mass is 10.0. The number of amides is 1. The minimum atomic E-state index is -0.646. The standard InChI is InChI=1S/C24H22FN5O2/c1-2-21-19(6-3-15-4-8-22(26)27-12-15)23(29-14-28-21)16-5-7-18(20(25)11-16)24(32)30-10-9-17(31)13-30/h4-5,7-8,11-12,14,17,31H,2,9-10,13H2,1H3,(H2,26,27)/t17-/m1/s1. The van der Waals surface area contributed by atoms with Crippen LogP contribution in [0.15, 0.2) is 42.9 Å². The summed E-state index contributed by atoms with van der Waals surface area (Å²) < 4.78 is 14.9. The van der Waals surface area contributed by atoms with Gasteiger partial charge in [0.15, 0.2) is 0 Å². The Bertz CT molecular complexity index is 1220. The van der Waals surface area contributed by atoms with Gasteiger partial charge in [0, 0.05) is 30.4 Å². The van der Waals surface area contributed by atoms with Crippen molar-refractivity contribution in [3.05, 3.63) is 71.1 Å². The van der Waals surface area contributed by atoms with E-state index in [-0.39, 0.29) is 12.1 Å². The van der Waals surface area contributed by atoms with Gasteiger partial charge in [-0.3, -0.25) is 4.79 Å². The second-order valence-electron chi connectivity index (χ2n) is 7.51. The van der Waals surface area contributed by atoms with E-state index in [1.54, 1.807) is 24.4 Å². The predicted molar refractivity (Wildman–Crippen MR) is 118 cm³/mol. The minimum absolute atomic E-state index is 0.0341. The predicted octanol–water partition coefficient (Wildman–Crippen LogP) is 2.43. The van der Waals surface area contributed by atoms with E-state index < -0.39 is 17.8 Å². The molecule has 4 rings (SSSR count). The van der Waals surface area contributed by atoms with E-state index in [2.05, 4.69) is 26.8 Å². The molecular weight excluding hydrogens is 409 g/mol. The van der Waals surface area contributed by atoms with Crippen LogP contribution in [0.3, 0.4) is 0 Å². The summed E-state index contributed by atoms with van der Waals surface area (Å²) in [7, 11) is 0. The van der Waals surface area contributed by atoms with E-state index in [9.17, 15) is 14.3 Å². The summed E-state index contributed by atoms with van der Waals surface area (Å²) in [4.78, 5) is 26.8. The fourth-order valence-corrected chi connectivity index (χ4v) is 3.59. The number of carbonyl (C=O) groups excluding carboxylic acids is 1. The average molecular weight is 431 g/mol. The van der Waals surface area contributed by atoms with E-state index in [1.165, 1.54) is 23.4 Å². The van der Waals surface area contributed by atoms with Gasteiger partial charge >= 0.3 is 0 Å². The first kappa shape index (κ1) is 21.4. The molecule has 0 saturated carbocycles. The second kappa shape index (κ2) is 9.12. The molecule has 32 heavy (non-hydrogen) atoms. The number of aliphatic hydroxyl groups is 1. The zero-order chi connectivity index (χ0) is 22.7. The molecule has 7 nitrogen and oxygen atoms in total. The van der Waals surface area contributed by atoms with Crippen LogP contribution in [0.1, 0.15) is 40.5 Å². The van der Waals surface area contributed by atoms with Crippen molar-refractivity contribution >= 4 is 11.7 Å². The van der Waals surface area contributed by atoms with Crippen molar-refractivity contribution in [2.45, 2.75) is 25.9 Å². The van der Waals surface area contributed by atoms with Gasteiger partial charge in [0.2, 0.25) is 0 Å².